The predicted octanol–water partition coefficient (Wildman–Crippen LogP) is 3.06. The number of ether oxygens (including phenoxy) is 1. The van der Waals surface area contributed by atoms with Crippen molar-refractivity contribution in [2.75, 3.05) is 13.2 Å². The van der Waals surface area contributed by atoms with Crippen LogP contribution in [0.15, 0.2) is 30.3 Å². The summed E-state index contributed by atoms with van der Waals surface area (Å²) in [5.41, 5.74) is 1.18. The molecule has 0 aromatic heterocycles. The standard InChI is InChI=1S/C20H30N2O2/c1-20(2,12-16-8-4-3-5-9-16)22-14-18(23)15-24-19-11-7-6-10-17(19)13-21/h3-5,8-9,17-19,22-23H,6-7,10-12,14-15H2,1-2H3. The molecule has 132 valence electrons. The zero-order valence-electron chi connectivity index (χ0n) is 14.9. The molecule has 3 atom stereocenters. The molecule has 0 bridgehead atoms. The van der Waals surface area contributed by atoms with E-state index in [1.165, 1.54) is 5.56 Å². The van der Waals surface area contributed by atoms with Crippen molar-refractivity contribution in [3.05, 3.63) is 35.9 Å². The average Bonchev–Trinajstić information content (AvgIpc) is 2.59. The summed E-state index contributed by atoms with van der Waals surface area (Å²) in [5.74, 6) is -0.0200. The topological polar surface area (TPSA) is 65.3 Å². The van der Waals surface area contributed by atoms with E-state index < -0.39 is 6.10 Å². The van der Waals surface area contributed by atoms with E-state index in [2.05, 4.69) is 37.4 Å². The number of nitrogens with zero attached hydrogens (tertiary/aromatic N) is 1. The van der Waals surface area contributed by atoms with Crippen molar-refractivity contribution in [2.24, 2.45) is 5.92 Å². The molecule has 1 aromatic rings. The van der Waals surface area contributed by atoms with Gasteiger partial charge in [0, 0.05) is 12.1 Å². The molecular weight excluding hydrogens is 300 g/mol. The third-order valence-corrected chi connectivity index (χ3v) is 4.68. The van der Waals surface area contributed by atoms with Crippen LogP contribution in [0, 0.1) is 17.2 Å². The molecule has 0 spiro atoms. The molecule has 3 unspecified atom stereocenters. The number of β-amino-alcohol motifs (C(OH)–C–C–N with tert-alkyl or cyclic N) is 1. The molecule has 2 rings (SSSR count). The Morgan fingerprint density at radius 2 is 2.00 bits per heavy atom. The van der Waals surface area contributed by atoms with Crippen LogP contribution < -0.4 is 5.32 Å². The van der Waals surface area contributed by atoms with Gasteiger partial charge in [-0.2, -0.15) is 5.26 Å². The number of hydrogen-bond donors (Lipinski definition) is 2. The zero-order valence-corrected chi connectivity index (χ0v) is 14.9. The van der Waals surface area contributed by atoms with Crippen molar-refractivity contribution in [3.63, 3.8) is 0 Å². The fraction of sp³-hybridized carbons (Fsp3) is 0.650. The minimum absolute atomic E-state index is 0.0178. The van der Waals surface area contributed by atoms with Crippen LogP contribution in [0.4, 0.5) is 0 Å². The first-order valence-corrected chi connectivity index (χ1v) is 8.98. The number of benzene rings is 1. The highest BCUT2D eigenvalue weighted by Crippen LogP contribution is 2.26. The van der Waals surface area contributed by atoms with Crippen molar-refractivity contribution in [3.8, 4) is 6.07 Å². The molecule has 1 aliphatic rings. The fourth-order valence-corrected chi connectivity index (χ4v) is 3.30. The molecule has 0 saturated heterocycles. The molecule has 1 saturated carbocycles. The third-order valence-electron chi connectivity index (χ3n) is 4.68. The van der Waals surface area contributed by atoms with Crippen LogP contribution in [-0.4, -0.2) is 36.0 Å². The average molecular weight is 330 g/mol. The minimum atomic E-state index is -0.554. The first kappa shape index (κ1) is 18.9. The van der Waals surface area contributed by atoms with Crippen molar-refractivity contribution < 1.29 is 9.84 Å². The normalized spacial score (nSPS) is 22.8. The van der Waals surface area contributed by atoms with Gasteiger partial charge in [-0.1, -0.05) is 43.2 Å². The highest BCUT2D eigenvalue weighted by atomic mass is 16.5. The first-order valence-electron chi connectivity index (χ1n) is 8.98. The van der Waals surface area contributed by atoms with E-state index in [-0.39, 0.29) is 24.2 Å². The Morgan fingerprint density at radius 1 is 1.29 bits per heavy atom. The third kappa shape index (κ3) is 6.24. The number of nitrogens with one attached hydrogen (secondary N) is 1. The summed E-state index contributed by atoms with van der Waals surface area (Å²) in [6.45, 7) is 5.06. The molecule has 24 heavy (non-hydrogen) atoms. The minimum Gasteiger partial charge on any atom is -0.389 e. The summed E-state index contributed by atoms with van der Waals surface area (Å²) in [5, 5.41) is 22.8. The van der Waals surface area contributed by atoms with Crippen LogP contribution in [0.3, 0.4) is 0 Å². The molecule has 1 aromatic carbocycles. The molecular formula is C20H30N2O2. The predicted molar refractivity (Wildman–Crippen MR) is 95.5 cm³/mol. The lowest BCUT2D eigenvalue weighted by molar-refractivity contribution is -0.0390. The Morgan fingerprint density at radius 3 is 2.71 bits per heavy atom. The van der Waals surface area contributed by atoms with E-state index in [4.69, 9.17) is 4.74 Å². The SMILES string of the molecule is CC(C)(Cc1ccccc1)NCC(O)COC1CCCCC1C#N. The summed E-state index contributed by atoms with van der Waals surface area (Å²) < 4.78 is 5.82. The van der Waals surface area contributed by atoms with Gasteiger partial charge in [0.2, 0.25) is 0 Å². The van der Waals surface area contributed by atoms with Gasteiger partial charge in [0.05, 0.1) is 30.8 Å². The lowest BCUT2D eigenvalue weighted by atomic mass is 9.87. The molecule has 1 fully saturated rings. The van der Waals surface area contributed by atoms with Crippen LogP contribution in [-0.2, 0) is 11.2 Å². The molecule has 0 aliphatic heterocycles. The Hall–Kier alpha value is -1.41. The fourth-order valence-electron chi connectivity index (χ4n) is 3.30. The van der Waals surface area contributed by atoms with Crippen LogP contribution in [0.2, 0.25) is 0 Å². The van der Waals surface area contributed by atoms with E-state index in [0.717, 1.165) is 32.1 Å². The highest BCUT2D eigenvalue weighted by Gasteiger charge is 2.26. The van der Waals surface area contributed by atoms with Crippen molar-refractivity contribution in [1.82, 2.24) is 5.32 Å². The molecule has 0 amide bonds. The van der Waals surface area contributed by atoms with Crippen LogP contribution >= 0.6 is 0 Å². The summed E-state index contributed by atoms with van der Waals surface area (Å²) in [4.78, 5) is 0. The van der Waals surface area contributed by atoms with Gasteiger partial charge in [0.15, 0.2) is 0 Å². The second kappa shape index (κ2) is 9.17. The Balaban J connectivity index is 1.72. The number of nitriles is 1. The number of aliphatic hydroxyl groups excluding tert-OH is 1. The van der Waals surface area contributed by atoms with Crippen LogP contribution in [0.25, 0.3) is 0 Å². The smallest absolute Gasteiger partial charge is 0.0898 e. The van der Waals surface area contributed by atoms with Crippen LogP contribution in [0.5, 0.6) is 0 Å². The van der Waals surface area contributed by atoms with E-state index in [1.807, 2.05) is 18.2 Å². The van der Waals surface area contributed by atoms with Gasteiger partial charge in [-0.05, 0) is 38.7 Å². The quantitative estimate of drug-likeness (QED) is 0.769. The van der Waals surface area contributed by atoms with E-state index in [0.29, 0.717) is 6.54 Å². The van der Waals surface area contributed by atoms with E-state index in [1.54, 1.807) is 0 Å². The molecule has 4 heteroatoms. The van der Waals surface area contributed by atoms with Gasteiger partial charge in [0.25, 0.3) is 0 Å². The zero-order chi connectivity index (χ0) is 17.4. The number of hydrogen-bond acceptors (Lipinski definition) is 4. The largest absolute Gasteiger partial charge is 0.389 e. The molecule has 0 heterocycles. The lowest BCUT2D eigenvalue weighted by Crippen LogP contribution is -2.46. The maximum absolute atomic E-state index is 10.2. The monoisotopic (exact) mass is 330 g/mol. The van der Waals surface area contributed by atoms with Crippen molar-refractivity contribution in [2.45, 2.75) is 63.7 Å². The van der Waals surface area contributed by atoms with E-state index in [9.17, 15) is 10.4 Å². The second-order valence-corrected chi connectivity index (χ2v) is 7.47. The summed E-state index contributed by atoms with van der Waals surface area (Å²) in [6, 6.07) is 12.7. The maximum atomic E-state index is 10.2. The lowest BCUT2D eigenvalue weighted by Gasteiger charge is -2.30. The Labute approximate surface area is 145 Å². The van der Waals surface area contributed by atoms with Crippen molar-refractivity contribution >= 4 is 0 Å². The molecule has 0 radical (unpaired) electrons. The van der Waals surface area contributed by atoms with Crippen molar-refractivity contribution in [1.29, 1.82) is 5.26 Å². The van der Waals surface area contributed by atoms with E-state index >= 15 is 0 Å². The molecule has 1 aliphatic carbocycles. The summed E-state index contributed by atoms with van der Waals surface area (Å²) in [7, 11) is 0. The molecule has 2 N–H and O–H groups in total. The van der Waals surface area contributed by atoms with Gasteiger partial charge in [-0.15, -0.1) is 0 Å². The van der Waals surface area contributed by atoms with Crippen LogP contribution in [0.1, 0.15) is 45.1 Å². The van der Waals surface area contributed by atoms with Gasteiger partial charge in [0.1, 0.15) is 0 Å². The van der Waals surface area contributed by atoms with Gasteiger partial charge >= 0.3 is 0 Å². The first-order chi connectivity index (χ1) is 11.5. The van der Waals surface area contributed by atoms with Gasteiger partial charge in [-0.25, -0.2) is 0 Å². The summed E-state index contributed by atoms with van der Waals surface area (Å²) >= 11 is 0. The number of aliphatic hydroxyl groups is 1. The Bertz CT molecular complexity index is 524. The second-order valence-electron chi connectivity index (χ2n) is 7.47. The highest BCUT2D eigenvalue weighted by molar-refractivity contribution is 5.17. The maximum Gasteiger partial charge on any atom is 0.0898 e. The molecule has 4 nitrogen and oxygen atoms in total. The number of rotatable bonds is 8. The van der Waals surface area contributed by atoms with Gasteiger partial charge in [-0.3, -0.25) is 0 Å². The Kier molecular flexibility index (Phi) is 7.23. The summed E-state index contributed by atoms with van der Waals surface area (Å²) in [6.07, 6.45) is 4.40. The van der Waals surface area contributed by atoms with Gasteiger partial charge < -0.3 is 15.2 Å².